The van der Waals surface area contributed by atoms with E-state index >= 15 is 0 Å². The quantitative estimate of drug-likeness (QED) is 0.746. The summed E-state index contributed by atoms with van der Waals surface area (Å²) in [6, 6.07) is 4.22. The minimum Gasteiger partial charge on any atom is -0.353 e. The third-order valence-electron chi connectivity index (χ3n) is 2.24. The maximum absolute atomic E-state index is 6.10. The lowest BCUT2D eigenvalue weighted by molar-refractivity contribution is 0.316. The number of aryl methyl sites for hydroxylation is 1. The van der Waals surface area contributed by atoms with E-state index in [9.17, 15) is 0 Å². The van der Waals surface area contributed by atoms with E-state index in [1.54, 1.807) is 0 Å². The molecule has 1 aromatic rings. The van der Waals surface area contributed by atoms with Gasteiger partial charge in [0.15, 0.2) is 0 Å². The Hall–Kier alpha value is -0.470. The van der Waals surface area contributed by atoms with Gasteiger partial charge in [-0.1, -0.05) is 20.8 Å². The summed E-state index contributed by atoms with van der Waals surface area (Å²) >= 11 is 0. The maximum Gasteiger partial charge on any atom is 0.0498 e. The molecule has 0 fully saturated rings. The van der Waals surface area contributed by atoms with Crippen molar-refractivity contribution in [3.05, 3.63) is 24.0 Å². The number of nitrogens with two attached hydrogens (primary N) is 1. The molecule has 0 bridgehead atoms. The van der Waals surface area contributed by atoms with Crippen LogP contribution in [0.15, 0.2) is 18.3 Å². The second-order valence-corrected chi connectivity index (χ2v) is 4.39. The van der Waals surface area contributed by atoms with E-state index in [2.05, 4.69) is 31.4 Å². The highest BCUT2D eigenvalue weighted by Gasteiger charge is 2.23. The molecule has 0 radical (unpaired) electrons. The number of nitrogens with zero attached hydrogens (tertiary/aromatic N) is 1. The first-order chi connectivity index (χ1) is 5.43. The predicted molar refractivity (Wildman–Crippen MR) is 59.0 cm³/mol. The van der Waals surface area contributed by atoms with Gasteiger partial charge in [0.1, 0.15) is 0 Å². The zero-order chi connectivity index (χ0) is 9.35. The Morgan fingerprint density at radius 1 is 1.38 bits per heavy atom. The molecule has 0 aliphatic heterocycles. The minimum absolute atomic E-state index is 0. The molecule has 1 aromatic heterocycles. The SMILES string of the molecule is Cl.Cn1cccc1[C@H](N)C(C)(C)C. The number of hydrogen-bond donors (Lipinski definition) is 1. The van der Waals surface area contributed by atoms with Crippen molar-refractivity contribution in [2.45, 2.75) is 26.8 Å². The highest BCUT2D eigenvalue weighted by molar-refractivity contribution is 5.85. The summed E-state index contributed by atoms with van der Waals surface area (Å²) in [7, 11) is 2.03. The molecule has 0 amide bonds. The van der Waals surface area contributed by atoms with Crippen LogP contribution in [0, 0.1) is 5.41 Å². The van der Waals surface area contributed by atoms with Crippen LogP contribution >= 0.6 is 12.4 Å². The van der Waals surface area contributed by atoms with Crippen molar-refractivity contribution < 1.29 is 0 Å². The molecule has 0 spiro atoms. The number of aromatic nitrogens is 1. The van der Waals surface area contributed by atoms with Crippen LogP contribution in [0.2, 0.25) is 0 Å². The second-order valence-electron chi connectivity index (χ2n) is 4.39. The van der Waals surface area contributed by atoms with Gasteiger partial charge >= 0.3 is 0 Å². The van der Waals surface area contributed by atoms with Gasteiger partial charge in [-0.25, -0.2) is 0 Å². The fourth-order valence-corrected chi connectivity index (χ4v) is 1.24. The first-order valence-electron chi connectivity index (χ1n) is 4.30. The number of hydrogen-bond acceptors (Lipinski definition) is 1. The van der Waals surface area contributed by atoms with Crippen molar-refractivity contribution in [1.82, 2.24) is 4.57 Å². The second kappa shape index (κ2) is 4.16. The Morgan fingerprint density at radius 2 is 1.92 bits per heavy atom. The summed E-state index contributed by atoms with van der Waals surface area (Å²) in [5.41, 5.74) is 7.42. The Morgan fingerprint density at radius 3 is 2.23 bits per heavy atom. The van der Waals surface area contributed by atoms with Gasteiger partial charge in [-0.3, -0.25) is 0 Å². The van der Waals surface area contributed by atoms with Crippen molar-refractivity contribution in [3.63, 3.8) is 0 Å². The molecule has 0 unspecified atom stereocenters. The summed E-state index contributed by atoms with van der Waals surface area (Å²) in [5, 5.41) is 0. The molecule has 1 rings (SSSR count). The van der Waals surface area contributed by atoms with Crippen LogP contribution in [0.3, 0.4) is 0 Å². The summed E-state index contributed by atoms with van der Waals surface area (Å²) in [6.07, 6.45) is 2.03. The highest BCUT2D eigenvalue weighted by atomic mass is 35.5. The lowest BCUT2D eigenvalue weighted by Gasteiger charge is -2.27. The molecule has 1 atom stereocenters. The van der Waals surface area contributed by atoms with Crippen LogP contribution in [0.4, 0.5) is 0 Å². The average Bonchev–Trinajstić information content (AvgIpc) is 2.31. The zero-order valence-corrected chi connectivity index (χ0v) is 9.56. The van der Waals surface area contributed by atoms with E-state index in [1.807, 2.05) is 19.3 Å². The maximum atomic E-state index is 6.10. The lowest BCUT2D eigenvalue weighted by Crippen LogP contribution is -2.27. The molecule has 0 saturated carbocycles. The monoisotopic (exact) mass is 202 g/mol. The smallest absolute Gasteiger partial charge is 0.0498 e. The largest absolute Gasteiger partial charge is 0.353 e. The first-order valence-corrected chi connectivity index (χ1v) is 4.30. The van der Waals surface area contributed by atoms with Crippen LogP contribution in [0.5, 0.6) is 0 Å². The molecule has 0 aromatic carbocycles. The van der Waals surface area contributed by atoms with E-state index < -0.39 is 0 Å². The summed E-state index contributed by atoms with van der Waals surface area (Å²) in [4.78, 5) is 0. The number of rotatable bonds is 1. The van der Waals surface area contributed by atoms with Gasteiger partial charge in [0.2, 0.25) is 0 Å². The summed E-state index contributed by atoms with van der Waals surface area (Å²) in [5.74, 6) is 0. The molecule has 76 valence electrons. The first kappa shape index (κ1) is 12.5. The van der Waals surface area contributed by atoms with Crippen molar-refractivity contribution in [2.75, 3.05) is 0 Å². The van der Waals surface area contributed by atoms with Gasteiger partial charge in [0.25, 0.3) is 0 Å². The third-order valence-corrected chi connectivity index (χ3v) is 2.24. The van der Waals surface area contributed by atoms with E-state index in [0.29, 0.717) is 0 Å². The van der Waals surface area contributed by atoms with Gasteiger partial charge in [-0.05, 0) is 17.5 Å². The van der Waals surface area contributed by atoms with Crippen LogP contribution in [0.25, 0.3) is 0 Å². The Labute approximate surface area is 86.5 Å². The van der Waals surface area contributed by atoms with Crippen molar-refractivity contribution in [2.24, 2.45) is 18.2 Å². The molecule has 0 saturated heterocycles. The molecule has 13 heavy (non-hydrogen) atoms. The molecule has 1 heterocycles. The van der Waals surface area contributed by atoms with E-state index in [-0.39, 0.29) is 23.9 Å². The molecule has 0 aliphatic carbocycles. The van der Waals surface area contributed by atoms with Gasteiger partial charge < -0.3 is 10.3 Å². The fraction of sp³-hybridized carbons (Fsp3) is 0.600. The fourth-order valence-electron chi connectivity index (χ4n) is 1.24. The van der Waals surface area contributed by atoms with Gasteiger partial charge in [-0.15, -0.1) is 12.4 Å². The van der Waals surface area contributed by atoms with Crippen molar-refractivity contribution >= 4 is 12.4 Å². The minimum atomic E-state index is 0. The van der Waals surface area contributed by atoms with Crippen LogP contribution in [0.1, 0.15) is 32.5 Å². The molecular formula is C10H19ClN2. The van der Waals surface area contributed by atoms with Crippen LogP contribution < -0.4 is 5.73 Å². The Bertz CT molecular complexity index is 260. The molecule has 2 nitrogen and oxygen atoms in total. The van der Waals surface area contributed by atoms with E-state index in [4.69, 9.17) is 5.73 Å². The molecule has 0 aliphatic rings. The standard InChI is InChI=1S/C10H18N2.ClH/c1-10(2,3)9(11)8-6-5-7-12(8)4;/h5-7,9H,11H2,1-4H3;1H/t9-;/m0./s1. The normalized spacial score (nSPS) is 13.6. The van der Waals surface area contributed by atoms with Gasteiger partial charge in [0, 0.05) is 25.0 Å². The lowest BCUT2D eigenvalue weighted by atomic mass is 9.85. The molecule has 2 N–H and O–H groups in total. The van der Waals surface area contributed by atoms with E-state index in [1.165, 1.54) is 5.69 Å². The Balaban J connectivity index is 0.00000144. The van der Waals surface area contributed by atoms with Crippen LogP contribution in [-0.4, -0.2) is 4.57 Å². The third kappa shape index (κ3) is 2.75. The van der Waals surface area contributed by atoms with Crippen molar-refractivity contribution in [1.29, 1.82) is 0 Å². The summed E-state index contributed by atoms with van der Waals surface area (Å²) < 4.78 is 2.08. The highest BCUT2D eigenvalue weighted by Crippen LogP contribution is 2.29. The summed E-state index contributed by atoms with van der Waals surface area (Å²) in [6.45, 7) is 6.47. The average molecular weight is 203 g/mol. The molecule has 3 heteroatoms. The van der Waals surface area contributed by atoms with E-state index in [0.717, 1.165) is 0 Å². The van der Waals surface area contributed by atoms with Gasteiger partial charge in [0.05, 0.1) is 0 Å². The van der Waals surface area contributed by atoms with Crippen LogP contribution in [-0.2, 0) is 7.05 Å². The predicted octanol–water partition coefficient (Wildman–Crippen LogP) is 2.49. The Kier molecular flexibility index (Phi) is 4.01. The number of halogens is 1. The topological polar surface area (TPSA) is 30.9 Å². The molecular weight excluding hydrogens is 184 g/mol. The zero-order valence-electron chi connectivity index (χ0n) is 8.74. The van der Waals surface area contributed by atoms with Crippen molar-refractivity contribution in [3.8, 4) is 0 Å². The van der Waals surface area contributed by atoms with Gasteiger partial charge in [-0.2, -0.15) is 0 Å².